The van der Waals surface area contributed by atoms with Crippen molar-refractivity contribution in [2.24, 2.45) is 0 Å². The minimum atomic E-state index is -0.273. The molecule has 0 unspecified atom stereocenters. The van der Waals surface area contributed by atoms with Gasteiger partial charge in [0.05, 0.1) is 10.4 Å². The fraction of sp³-hybridized carbons (Fsp3) is 0.615. The van der Waals surface area contributed by atoms with Gasteiger partial charge in [0, 0.05) is 10.8 Å². The summed E-state index contributed by atoms with van der Waals surface area (Å²) in [7, 11) is 0. The Balaban J connectivity index is 2.84. The molecule has 0 aliphatic rings. The van der Waals surface area contributed by atoms with Crippen molar-refractivity contribution in [1.29, 1.82) is 0 Å². The molecule has 0 fully saturated rings. The number of aryl methyl sites for hydroxylation is 2. The third-order valence-corrected chi connectivity index (χ3v) is 5.04. The summed E-state index contributed by atoms with van der Waals surface area (Å²) in [6, 6.07) is 1.94. The molecule has 1 aromatic rings. The summed E-state index contributed by atoms with van der Waals surface area (Å²) in [5.74, 6) is 0.449. The number of halogens is 1. The Morgan fingerprint density at radius 2 is 2.00 bits per heavy atom. The van der Waals surface area contributed by atoms with Gasteiger partial charge in [-0.25, -0.2) is 0 Å². The van der Waals surface area contributed by atoms with Crippen molar-refractivity contribution >= 4 is 28.8 Å². The van der Waals surface area contributed by atoms with E-state index < -0.39 is 0 Å². The molecule has 1 amide bonds. The molecule has 0 radical (unpaired) electrons. The molecule has 17 heavy (non-hydrogen) atoms. The predicted octanol–water partition coefficient (Wildman–Crippen LogP) is 3.89. The van der Waals surface area contributed by atoms with E-state index in [0.29, 0.717) is 5.88 Å². The van der Waals surface area contributed by atoms with Crippen molar-refractivity contribution < 1.29 is 4.79 Å². The summed E-state index contributed by atoms with van der Waals surface area (Å²) in [4.78, 5) is 14.1. The first kappa shape index (κ1) is 14.5. The average Bonchev–Trinajstić information content (AvgIpc) is 2.67. The van der Waals surface area contributed by atoms with Crippen LogP contribution in [0.5, 0.6) is 0 Å². The quantitative estimate of drug-likeness (QED) is 0.810. The maximum Gasteiger partial charge on any atom is 0.261 e. The molecular formula is C13H20ClNOS. The Hall–Kier alpha value is -0.540. The van der Waals surface area contributed by atoms with Crippen molar-refractivity contribution in [2.75, 3.05) is 5.88 Å². The van der Waals surface area contributed by atoms with Crippen LogP contribution in [0.15, 0.2) is 6.07 Å². The zero-order valence-electron chi connectivity index (χ0n) is 10.9. The van der Waals surface area contributed by atoms with E-state index in [2.05, 4.69) is 19.2 Å². The number of alkyl halides is 1. The maximum absolute atomic E-state index is 12.1. The number of hydrogen-bond acceptors (Lipinski definition) is 2. The fourth-order valence-corrected chi connectivity index (χ4v) is 3.01. The van der Waals surface area contributed by atoms with Crippen LogP contribution < -0.4 is 5.32 Å². The summed E-state index contributed by atoms with van der Waals surface area (Å²) in [6.45, 7) is 8.16. The van der Waals surface area contributed by atoms with E-state index in [1.165, 1.54) is 21.8 Å². The van der Waals surface area contributed by atoms with Gasteiger partial charge in [0.25, 0.3) is 5.91 Å². The lowest BCUT2D eigenvalue weighted by atomic mass is 9.95. The van der Waals surface area contributed by atoms with Crippen LogP contribution >= 0.6 is 22.9 Å². The summed E-state index contributed by atoms with van der Waals surface area (Å²) in [5.41, 5.74) is 0.898. The summed E-state index contributed by atoms with van der Waals surface area (Å²) in [5, 5.41) is 3.08. The average molecular weight is 274 g/mol. The van der Waals surface area contributed by atoms with Gasteiger partial charge >= 0.3 is 0 Å². The lowest BCUT2D eigenvalue weighted by Crippen LogP contribution is -2.49. The molecule has 0 aromatic carbocycles. The van der Waals surface area contributed by atoms with Gasteiger partial charge in [0.2, 0.25) is 0 Å². The summed E-state index contributed by atoms with van der Waals surface area (Å²) < 4.78 is 0. The van der Waals surface area contributed by atoms with Crippen LogP contribution in [0.2, 0.25) is 0 Å². The first-order chi connectivity index (χ1) is 7.98. The van der Waals surface area contributed by atoms with Gasteiger partial charge in [-0.1, -0.05) is 13.8 Å². The smallest absolute Gasteiger partial charge is 0.261 e. The molecule has 0 spiro atoms. The largest absolute Gasteiger partial charge is 0.345 e. The number of carbonyl (C=O) groups is 1. The van der Waals surface area contributed by atoms with Crippen molar-refractivity contribution in [3.63, 3.8) is 0 Å². The highest BCUT2D eigenvalue weighted by Crippen LogP contribution is 2.23. The topological polar surface area (TPSA) is 29.1 Å². The van der Waals surface area contributed by atoms with Gasteiger partial charge in [-0.15, -0.1) is 22.9 Å². The molecule has 1 N–H and O–H groups in total. The Kier molecular flexibility index (Phi) is 5.02. The van der Waals surface area contributed by atoms with E-state index in [9.17, 15) is 4.79 Å². The van der Waals surface area contributed by atoms with E-state index in [-0.39, 0.29) is 11.4 Å². The SMILES string of the molecule is CCC(CC)(CCl)NC(=O)c1cc(C)c(C)s1. The molecule has 0 atom stereocenters. The van der Waals surface area contributed by atoms with Crippen LogP contribution in [0.1, 0.15) is 46.8 Å². The van der Waals surface area contributed by atoms with Gasteiger partial charge < -0.3 is 5.32 Å². The molecule has 0 saturated carbocycles. The number of carbonyl (C=O) groups excluding carboxylic acids is 1. The summed E-state index contributed by atoms with van der Waals surface area (Å²) >= 11 is 7.52. The minimum Gasteiger partial charge on any atom is -0.345 e. The fourth-order valence-electron chi connectivity index (χ4n) is 1.64. The van der Waals surface area contributed by atoms with Crippen molar-refractivity contribution in [1.82, 2.24) is 5.32 Å². The third-order valence-electron chi connectivity index (χ3n) is 3.38. The van der Waals surface area contributed by atoms with Gasteiger partial charge in [0.1, 0.15) is 0 Å². The number of hydrogen-bond donors (Lipinski definition) is 1. The maximum atomic E-state index is 12.1. The molecule has 4 heteroatoms. The second kappa shape index (κ2) is 5.87. The number of nitrogens with one attached hydrogen (secondary N) is 1. The van der Waals surface area contributed by atoms with Crippen LogP contribution in [0, 0.1) is 13.8 Å². The van der Waals surface area contributed by atoms with E-state index in [0.717, 1.165) is 17.7 Å². The molecule has 2 nitrogen and oxygen atoms in total. The highest BCUT2D eigenvalue weighted by molar-refractivity contribution is 7.14. The zero-order chi connectivity index (χ0) is 13.1. The molecule has 0 saturated heterocycles. The minimum absolute atomic E-state index is 0.00412. The standard InChI is InChI=1S/C13H20ClNOS/c1-5-13(6-2,8-14)15-12(16)11-7-9(3)10(4)17-11/h7H,5-6,8H2,1-4H3,(H,15,16). The second-order valence-electron chi connectivity index (χ2n) is 4.43. The van der Waals surface area contributed by atoms with Crippen LogP contribution in [-0.4, -0.2) is 17.3 Å². The molecule has 1 rings (SSSR count). The Morgan fingerprint density at radius 1 is 1.41 bits per heavy atom. The Labute approximate surface area is 112 Å². The highest BCUT2D eigenvalue weighted by Gasteiger charge is 2.28. The molecule has 1 heterocycles. The van der Waals surface area contributed by atoms with E-state index >= 15 is 0 Å². The second-order valence-corrected chi connectivity index (χ2v) is 5.95. The first-order valence-corrected chi connectivity index (χ1v) is 7.28. The molecule has 0 aliphatic carbocycles. The molecule has 0 aliphatic heterocycles. The number of amides is 1. The summed E-state index contributed by atoms with van der Waals surface area (Å²) in [6.07, 6.45) is 1.70. The van der Waals surface area contributed by atoms with Crippen LogP contribution in [0.25, 0.3) is 0 Å². The molecule has 0 bridgehead atoms. The number of thiophene rings is 1. The van der Waals surface area contributed by atoms with Gasteiger partial charge in [-0.05, 0) is 38.3 Å². The Morgan fingerprint density at radius 3 is 2.35 bits per heavy atom. The van der Waals surface area contributed by atoms with Gasteiger partial charge in [-0.2, -0.15) is 0 Å². The van der Waals surface area contributed by atoms with E-state index in [1.54, 1.807) is 0 Å². The monoisotopic (exact) mass is 273 g/mol. The molecule has 1 aromatic heterocycles. The third kappa shape index (κ3) is 3.23. The lowest BCUT2D eigenvalue weighted by Gasteiger charge is -2.30. The Bertz CT molecular complexity index is 368. The highest BCUT2D eigenvalue weighted by atomic mass is 35.5. The van der Waals surface area contributed by atoms with Crippen LogP contribution in [-0.2, 0) is 0 Å². The van der Waals surface area contributed by atoms with E-state index in [4.69, 9.17) is 11.6 Å². The van der Waals surface area contributed by atoms with Crippen LogP contribution in [0.3, 0.4) is 0 Å². The van der Waals surface area contributed by atoms with Gasteiger partial charge in [0.15, 0.2) is 0 Å². The number of rotatable bonds is 5. The van der Waals surface area contributed by atoms with E-state index in [1.807, 2.05) is 19.9 Å². The van der Waals surface area contributed by atoms with Gasteiger partial charge in [-0.3, -0.25) is 4.79 Å². The predicted molar refractivity (Wildman–Crippen MR) is 75.3 cm³/mol. The normalized spacial score (nSPS) is 11.6. The zero-order valence-corrected chi connectivity index (χ0v) is 12.5. The lowest BCUT2D eigenvalue weighted by molar-refractivity contribution is 0.0906. The van der Waals surface area contributed by atoms with Crippen molar-refractivity contribution in [3.05, 3.63) is 21.4 Å². The van der Waals surface area contributed by atoms with Crippen LogP contribution in [0.4, 0.5) is 0 Å². The molecular weight excluding hydrogens is 254 g/mol. The molecule has 96 valence electrons. The first-order valence-electron chi connectivity index (χ1n) is 5.93. The van der Waals surface area contributed by atoms with Crippen molar-refractivity contribution in [3.8, 4) is 0 Å². The van der Waals surface area contributed by atoms with Crippen molar-refractivity contribution in [2.45, 2.75) is 46.1 Å².